The maximum Gasteiger partial charge on any atom is 0.342 e. The number of aryl methyl sites for hydroxylation is 1. The maximum atomic E-state index is 12.2. The smallest absolute Gasteiger partial charge is 0.342 e. The van der Waals surface area contributed by atoms with Gasteiger partial charge in [0.2, 0.25) is 0 Å². The van der Waals surface area contributed by atoms with Crippen molar-refractivity contribution in [3.05, 3.63) is 81.1 Å². The van der Waals surface area contributed by atoms with E-state index in [0.717, 1.165) is 5.56 Å². The predicted octanol–water partition coefficient (Wildman–Crippen LogP) is 2.91. The first-order chi connectivity index (χ1) is 13.8. The minimum atomic E-state index is -1.55. The van der Waals surface area contributed by atoms with Crippen LogP contribution in [-0.2, 0) is 6.61 Å². The van der Waals surface area contributed by atoms with Gasteiger partial charge in [0.05, 0.1) is 0 Å². The van der Waals surface area contributed by atoms with Gasteiger partial charge in [-0.15, -0.1) is 0 Å². The molecule has 148 valence electrons. The van der Waals surface area contributed by atoms with Gasteiger partial charge in [0.25, 0.3) is 5.56 Å². The molecular formula is C21H18N2O6. The van der Waals surface area contributed by atoms with Crippen LogP contribution in [-0.4, -0.2) is 27.1 Å². The summed E-state index contributed by atoms with van der Waals surface area (Å²) in [5.74, 6) is -2.89. The Morgan fingerprint density at radius 1 is 1.03 bits per heavy atom. The number of H-pyrrole nitrogens is 1. The first kappa shape index (κ1) is 19.7. The minimum Gasteiger partial charge on any atom is -0.489 e. The predicted molar refractivity (Wildman–Crippen MR) is 106 cm³/mol. The van der Waals surface area contributed by atoms with Gasteiger partial charge in [0, 0.05) is 5.56 Å². The van der Waals surface area contributed by atoms with Gasteiger partial charge in [-0.25, -0.2) is 9.59 Å². The maximum absolute atomic E-state index is 12.2. The minimum absolute atomic E-state index is 0.238. The molecule has 2 aromatic carbocycles. The molecule has 0 atom stereocenters. The molecule has 0 radical (unpaired) electrons. The van der Waals surface area contributed by atoms with Crippen molar-refractivity contribution >= 4 is 17.8 Å². The van der Waals surface area contributed by atoms with Crippen LogP contribution in [0.5, 0.6) is 5.75 Å². The summed E-state index contributed by atoms with van der Waals surface area (Å²) in [7, 11) is 0. The highest BCUT2D eigenvalue weighted by molar-refractivity contribution is 6.07. The summed E-state index contributed by atoms with van der Waals surface area (Å²) in [4.78, 5) is 37.6. The number of carboxylic acids is 2. The van der Waals surface area contributed by atoms with Gasteiger partial charge in [-0.1, -0.05) is 36.4 Å². The lowest BCUT2D eigenvalue weighted by Crippen LogP contribution is -2.24. The van der Waals surface area contributed by atoms with Crippen LogP contribution in [0.1, 0.15) is 31.8 Å². The third-order valence-electron chi connectivity index (χ3n) is 4.39. The summed E-state index contributed by atoms with van der Waals surface area (Å²) in [5, 5.41) is 19.0. The molecule has 1 heterocycles. The van der Waals surface area contributed by atoms with E-state index in [1.54, 1.807) is 19.1 Å². The molecule has 8 nitrogen and oxygen atoms in total. The van der Waals surface area contributed by atoms with E-state index in [4.69, 9.17) is 10.5 Å². The SMILES string of the molecule is Cc1cc(OCc2ccccc2)ccc1-c1c(C(=O)O)c(N)[nH]c(=O)c1C(=O)O. The van der Waals surface area contributed by atoms with Crippen molar-refractivity contribution in [2.24, 2.45) is 0 Å². The van der Waals surface area contributed by atoms with E-state index < -0.39 is 34.4 Å². The number of aromatic carboxylic acids is 2. The van der Waals surface area contributed by atoms with E-state index in [0.29, 0.717) is 17.9 Å². The molecule has 0 fully saturated rings. The van der Waals surface area contributed by atoms with Crippen molar-refractivity contribution < 1.29 is 24.5 Å². The average Bonchev–Trinajstić information content (AvgIpc) is 2.66. The van der Waals surface area contributed by atoms with E-state index in [9.17, 15) is 24.6 Å². The van der Waals surface area contributed by atoms with Gasteiger partial charge in [-0.2, -0.15) is 0 Å². The molecule has 0 saturated carbocycles. The molecule has 0 amide bonds. The van der Waals surface area contributed by atoms with Crippen LogP contribution >= 0.6 is 0 Å². The van der Waals surface area contributed by atoms with Gasteiger partial charge in [0.1, 0.15) is 29.3 Å². The third kappa shape index (κ3) is 3.96. The zero-order chi connectivity index (χ0) is 21.1. The summed E-state index contributed by atoms with van der Waals surface area (Å²) in [6, 6.07) is 14.3. The molecule has 3 aromatic rings. The monoisotopic (exact) mass is 394 g/mol. The number of pyridine rings is 1. The Balaban J connectivity index is 2.08. The van der Waals surface area contributed by atoms with Crippen molar-refractivity contribution in [1.29, 1.82) is 0 Å². The molecule has 0 unspecified atom stereocenters. The van der Waals surface area contributed by atoms with E-state index in [1.165, 1.54) is 6.07 Å². The Morgan fingerprint density at radius 2 is 1.69 bits per heavy atom. The Morgan fingerprint density at radius 3 is 2.28 bits per heavy atom. The largest absolute Gasteiger partial charge is 0.489 e. The number of nitrogens with one attached hydrogen (secondary N) is 1. The fourth-order valence-electron chi connectivity index (χ4n) is 3.06. The quantitative estimate of drug-likeness (QED) is 0.503. The van der Waals surface area contributed by atoms with E-state index in [-0.39, 0.29) is 11.1 Å². The number of rotatable bonds is 6. The number of aromatic nitrogens is 1. The third-order valence-corrected chi connectivity index (χ3v) is 4.39. The summed E-state index contributed by atoms with van der Waals surface area (Å²) in [6.07, 6.45) is 0. The van der Waals surface area contributed by atoms with Gasteiger partial charge < -0.3 is 25.7 Å². The molecule has 0 bridgehead atoms. The molecule has 3 rings (SSSR count). The zero-order valence-electron chi connectivity index (χ0n) is 15.4. The number of anilines is 1. The Labute approximate surface area is 165 Å². The fourth-order valence-corrected chi connectivity index (χ4v) is 3.06. The molecule has 0 spiro atoms. The van der Waals surface area contributed by atoms with Crippen molar-refractivity contribution in [3.63, 3.8) is 0 Å². The van der Waals surface area contributed by atoms with Crippen LogP contribution in [0.3, 0.4) is 0 Å². The summed E-state index contributed by atoms with van der Waals surface area (Å²) >= 11 is 0. The number of carboxylic acid groups (broad SMARTS) is 2. The van der Waals surface area contributed by atoms with Crippen molar-refractivity contribution in [2.75, 3.05) is 5.73 Å². The number of nitrogen functional groups attached to an aromatic ring is 1. The van der Waals surface area contributed by atoms with E-state index in [2.05, 4.69) is 4.98 Å². The van der Waals surface area contributed by atoms with Crippen LogP contribution in [0.2, 0.25) is 0 Å². The van der Waals surface area contributed by atoms with E-state index >= 15 is 0 Å². The molecule has 29 heavy (non-hydrogen) atoms. The Bertz CT molecular complexity index is 1150. The standard InChI is InChI=1S/C21H18N2O6/c1-11-9-13(29-10-12-5-3-2-4-6-12)7-8-14(11)15-16(20(25)26)18(22)23-19(24)17(15)21(27)28/h2-9H,10H2,1H3,(H,25,26)(H,27,28)(H3,22,23,24). The summed E-state index contributed by atoms with van der Waals surface area (Å²) < 4.78 is 5.74. The Hall–Kier alpha value is -4.07. The lowest BCUT2D eigenvalue weighted by molar-refractivity contribution is 0.0695. The van der Waals surface area contributed by atoms with Gasteiger partial charge >= 0.3 is 11.9 Å². The number of nitrogens with two attached hydrogens (primary N) is 1. The van der Waals surface area contributed by atoms with Gasteiger partial charge in [-0.05, 0) is 35.7 Å². The second-order valence-electron chi connectivity index (χ2n) is 6.35. The molecule has 8 heteroatoms. The topological polar surface area (TPSA) is 143 Å². The number of aromatic amines is 1. The summed E-state index contributed by atoms with van der Waals surface area (Å²) in [6.45, 7) is 2.00. The van der Waals surface area contributed by atoms with Gasteiger partial charge in [-0.3, -0.25) is 4.79 Å². The number of hydrogen-bond acceptors (Lipinski definition) is 5. The first-order valence-electron chi connectivity index (χ1n) is 8.59. The average molecular weight is 394 g/mol. The van der Waals surface area contributed by atoms with E-state index in [1.807, 2.05) is 30.3 Å². The number of hydrogen-bond donors (Lipinski definition) is 4. The fraction of sp³-hybridized carbons (Fsp3) is 0.0952. The van der Waals surface area contributed by atoms with Crippen molar-refractivity contribution in [1.82, 2.24) is 4.98 Å². The Kier molecular flexibility index (Phi) is 5.36. The van der Waals surface area contributed by atoms with Crippen LogP contribution in [0.4, 0.5) is 5.82 Å². The molecule has 0 aliphatic carbocycles. The van der Waals surface area contributed by atoms with Crippen LogP contribution in [0.15, 0.2) is 53.3 Å². The van der Waals surface area contributed by atoms with Crippen molar-refractivity contribution in [2.45, 2.75) is 13.5 Å². The number of carbonyl (C=O) groups is 2. The van der Waals surface area contributed by atoms with Crippen LogP contribution in [0.25, 0.3) is 11.1 Å². The normalized spacial score (nSPS) is 10.5. The van der Waals surface area contributed by atoms with Gasteiger partial charge in [0.15, 0.2) is 0 Å². The molecule has 0 aliphatic heterocycles. The number of ether oxygens (including phenoxy) is 1. The number of benzene rings is 2. The zero-order valence-corrected chi connectivity index (χ0v) is 15.4. The van der Waals surface area contributed by atoms with Crippen LogP contribution in [0, 0.1) is 6.92 Å². The first-order valence-corrected chi connectivity index (χ1v) is 8.59. The van der Waals surface area contributed by atoms with Crippen LogP contribution < -0.4 is 16.0 Å². The lowest BCUT2D eigenvalue weighted by Gasteiger charge is -2.15. The molecule has 0 aliphatic rings. The molecule has 1 aromatic heterocycles. The highest BCUT2D eigenvalue weighted by Gasteiger charge is 2.27. The second-order valence-corrected chi connectivity index (χ2v) is 6.35. The lowest BCUT2D eigenvalue weighted by atomic mass is 9.92. The highest BCUT2D eigenvalue weighted by atomic mass is 16.5. The van der Waals surface area contributed by atoms with Crippen molar-refractivity contribution in [3.8, 4) is 16.9 Å². The highest BCUT2D eigenvalue weighted by Crippen LogP contribution is 2.33. The molecule has 0 saturated heterocycles. The summed E-state index contributed by atoms with van der Waals surface area (Å²) in [5.41, 5.74) is 5.08. The molecular weight excluding hydrogens is 376 g/mol. The molecule has 5 N–H and O–H groups in total. The second kappa shape index (κ2) is 7.89.